The number of carboxylic acid groups (broad SMARTS) is 1. The van der Waals surface area contributed by atoms with Gasteiger partial charge in [-0.2, -0.15) is 0 Å². The first-order chi connectivity index (χ1) is 10.3. The zero-order valence-electron chi connectivity index (χ0n) is 12.0. The molecule has 0 amide bonds. The molecule has 1 heterocycles. The van der Waals surface area contributed by atoms with Gasteiger partial charge in [0.05, 0.1) is 12.7 Å². The second kappa shape index (κ2) is 8.70. The maximum atomic E-state index is 10.7. The van der Waals surface area contributed by atoms with E-state index >= 15 is 0 Å². The van der Waals surface area contributed by atoms with E-state index in [0.717, 1.165) is 0 Å². The molecule has 0 saturated carbocycles. The Kier molecular flexibility index (Phi) is 7.59. The van der Waals surface area contributed by atoms with E-state index in [1.165, 1.54) is 0 Å². The smallest absolute Gasteiger partial charge is 0.320 e. The van der Waals surface area contributed by atoms with Crippen LogP contribution in [0.15, 0.2) is 0 Å². The molecule has 10 heteroatoms. The van der Waals surface area contributed by atoms with Gasteiger partial charge in [-0.1, -0.05) is 0 Å². The molecule has 1 aliphatic rings. The Morgan fingerprint density at radius 1 is 1.18 bits per heavy atom. The highest BCUT2D eigenvalue weighted by Crippen LogP contribution is 2.23. The third-order valence-corrected chi connectivity index (χ3v) is 3.55. The fraction of sp³-hybridized carbons (Fsp3) is 0.917. The maximum absolute atomic E-state index is 10.7. The molecule has 0 radical (unpaired) electrons. The molecule has 1 saturated heterocycles. The Morgan fingerprint density at radius 3 is 2.32 bits per heavy atom. The van der Waals surface area contributed by atoms with Gasteiger partial charge in [0.25, 0.3) is 0 Å². The van der Waals surface area contributed by atoms with E-state index in [4.69, 9.17) is 31.2 Å². The molecule has 10 nitrogen and oxygen atoms in total. The monoisotopic (exact) mass is 324 g/mol. The first-order valence-corrected chi connectivity index (χ1v) is 6.96. The van der Waals surface area contributed by atoms with Gasteiger partial charge in [-0.3, -0.25) is 4.79 Å². The standard InChI is InChI=1S/C12H24N2O8/c13-3-5(1-2-6(14)11(19)20)21-12-10(18)9(17)8(16)7(4-15)22-12/h5-10,12,15-18H,1-4,13-14H2,(H,19,20)/t5?,6-,7+,8+,9-,10+,12+/m0/s1. The average molecular weight is 324 g/mol. The van der Waals surface area contributed by atoms with Crippen molar-refractivity contribution in [2.24, 2.45) is 11.5 Å². The summed E-state index contributed by atoms with van der Waals surface area (Å²) in [6, 6.07) is -1.06. The van der Waals surface area contributed by atoms with Crippen molar-refractivity contribution in [1.29, 1.82) is 0 Å². The predicted molar refractivity (Wildman–Crippen MR) is 72.5 cm³/mol. The van der Waals surface area contributed by atoms with Crippen molar-refractivity contribution in [3.63, 3.8) is 0 Å². The first-order valence-electron chi connectivity index (χ1n) is 6.96. The number of hydrogen-bond donors (Lipinski definition) is 7. The fourth-order valence-corrected chi connectivity index (χ4v) is 2.10. The van der Waals surface area contributed by atoms with Crippen molar-refractivity contribution in [2.45, 2.75) is 55.7 Å². The highest BCUT2D eigenvalue weighted by atomic mass is 16.7. The normalized spacial score (nSPS) is 35.1. The van der Waals surface area contributed by atoms with Crippen LogP contribution in [0.25, 0.3) is 0 Å². The fourth-order valence-electron chi connectivity index (χ4n) is 2.10. The van der Waals surface area contributed by atoms with E-state index in [9.17, 15) is 20.1 Å². The van der Waals surface area contributed by atoms with Crippen molar-refractivity contribution < 1.29 is 39.8 Å². The molecule has 0 aromatic rings. The number of aliphatic hydroxyl groups excluding tert-OH is 4. The Bertz CT molecular complexity index is 356. The molecule has 7 atom stereocenters. The molecule has 0 spiro atoms. The van der Waals surface area contributed by atoms with E-state index in [2.05, 4.69) is 0 Å². The van der Waals surface area contributed by atoms with E-state index in [-0.39, 0.29) is 19.4 Å². The highest BCUT2D eigenvalue weighted by Gasteiger charge is 2.44. The van der Waals surface area contributed by atoms with Crippen LogP contribution >= 0.6 is 0 Å². The van der Waals surface area contributed by atoms with Crippen molar-refractivity contribution in [3.8, 4) is 0 Å². The maximum Gasteiger partial charge on any atom is 0.320 e. The second-order valence-electron chi connectivity index (χ2n) is 5.21. The minimum atomic E-state index is -1.55. The molecular formula is C12H24N2O8. The topological polar surface area (TPSA) is 189 Å². The molecule has 9 N–H and O–H groups in total. The summed E-state index contributed by atoms with van der Waals surface area (Å²) >= 11 is 0. The quantitative estimate of drug-likeness (QED) is 0.234. The van der Waals surface area contributed by atoms with Crippen LogP contribution < -0.4 is 11.5 Å². The lowest BCUT2D eigenvalue weighted by Gasteiger charge is -2.40. The molecule has 0 aliphatic carbocycles. The molecule has 130 valence electrons. The molecule has 22 heavy (non-hydrogen) atoms. The number of hydrogen-bond acceptors (Lipinski definition) is 9. The van der Waals surface area contributed by atoms with Gasteiger partial charge in [0.1, 0.15) is 30.5 Å². The van der Waals surface area contributed by atoms with Crippen LogP contribution in [0.3, 0.4) is 0 Å². The number of carboxylic acids is 1. The minimum Gasteiger partial charge on any atom is -0.480 e. The Hall–Kier alpha value is -0.850. The second-order valence-corrected chi connectivity index (χ2v) is 5.21. The first kappa shape index (κ1) is 19.2. The van der Waals surface area contributed by atoms with E-state index < -0.39 is 55.4 Å². The van der Waals surface area contributed by atoms with Crippen LogP contribution in [0.5, 0.6) is 0 Å². The van der Waals surface area contributed by atoms with E-state index in [0.29, 0.717) is 0 Å². The third-order valence-electron chi connectivity index (χ3n) is 3.55. The average Bonchev–Trinajstić information content (AvgIpc) is 2.50. The lowest BCUT2D eigenvalue weighted by molar-refractivity contribution is -0.310. The van der Waals surface area contributed by atoms with Crippen molar-refractivity contribution in [1.82, 2.24) is 0 Å². The summed E-state index contributed by atoms with van der Waals surface area (Å²) in [5.41, 5.74) is 10.9. The number of aliphatic carboxylic acids is 1. The van der Waals surface area contributed by atoms with Gasteiger partial charge in [-0.15, -0.1) is 0 Å². The van der Waals surface area contributed by atoms with Gasteiger partial charge >= 0.3 is 5.97 Å². The zero-order chi connectivity index (χ0) is 16.9. The van der Waals surface area contributed by atoms with Gasteiger partial charge in [0.15, 0.2) is 6.29 Å². The highest BCUT2D eigenvalue weighted by molar-refractivity contribution is 5.72. The summed E-state index contributed by atoms with van der Waals surface area (Å²) in [4.78, 5) is 10.7. The lowest BCUT2D eigenvalue weighted by atomic mass is 9.99. The number of carbonyl (C=O) groups is 1. The third kappa shape index (κ3) is 4.83. The molecule has 1 unspecified atom stereocenters. The van der Waals surface area contributed by atoms with Crippen molar-refractivity contribution in [2.75, 3.05) is 13.2 Å². The Labute approximate surface area is 127 Å². The number of nitrogens with two attached hydrogens (primary N) is 2. The van der Waals surface area contributed by atoms with Crippen LogP contribution in [-0.2, 0) is 14.3 Å². The van der Waals surface area contributed by atoms with Gasteiger partial charge in [-0.05, 0) is 12.8 Å². The van der Waals surface area contributed by atoms with E-state index in [1.807, 2.05) is 0 Å². The summed E-state index contributed by atoms with van der Waals surface area (Å²) in [6.07, 6.45) is -7.28. The lowest BCUT2D eigenvalue weighted by Crippen LogP contribution is -2.60. The number of rotatable bonds is 8. The summed E-state index contributed by atoms with van der Waals surface area (Å²) in [5, 5.41) is 46.9. The predicted octanol–water partition coefficient (Wildman–Crippen LogP) is -3.68. The van der Waals surface area contributed by atoms with Crippen LogP contribution in [0.2, 0.25) is 0 Å². The molecule has 1 aliphatic heterocycles. The molecule has 0 bridgehead atoms. The Morgan fingerprint density at radius 2 is 1.82 bits per heavy atom. The molecule has 1 rings (SSSR count). The molecule has 0 aromatic carbocycles. The van der Waals surface area contributed by atoms with Gasteiger partial charge in [-0.25, -0.2) is 0 Å². The van der Waals surface area contributed by atoms with E-state index in [1.54, 1.807) is 0 Å². The summed E-state index contributed by atoms with van der Waals surface area (Å²) in [6.45, 7) is -0.552. The number of ether oxygens (including phenoxy) is 2. The van der Waals surface area contributed by atoms with Crippen LogP contribution in [-0.4, -0.2) is 87.5 Å². The largest absolute Gasteiger partial charge is 0.480 e. The van der Waals surface area contributed by atoms with Crippen LogP contribution in [0.4, 0.5) is 0 Å². The van der Waals surface area contributed by atoms with Crippen molar-refractivity contribution >= 4 is 5.97 Å². The summed E-state index contributed by atoms with van der Waals surface area (Å²) in [7, 11) is 0. The molecule has 0 aromatic heterocycles. The van der Waals surface area contributed by atoms with Gasteiger partial charge < -0.3 is 46.5 Å². The van der Waals surface area contributed by atoms with Crippen LogP contribution in [0.1, 0.15) is 12.8 Å². The molecular weight excluding hydrogens is 300 g/mol. The molecule has 1 fully saturated rings. The SMILES string of the molecule is NCC(CC[C@H](N)C(=O)O)O[C@@H]1O[C@H](CO)[C@@H](O)[C@H](O)[C@H]1O. The van der Waals surface area contributed by atoms with Crippen molar-refractivity contribution in [3.05, 3.63) is 0 Å². The number of aliphatic hydroxyl groups is 4. The van der Waals surface area contributed by atoms with Crippen LogP contribution in [0, 0.1) is 0 Å². The summed E-state index contributed by atoms with van der Waals surface area (Å²) in [5.74, 6) is -1.15. The minimum absolute atomic E-state index is 0.0152. The summed E-state index contributed by atoms with van der Waals surface area (Å²) < 4.78 is 10.6. The van der Waals surface area contributed by atoms with Gasteiger partial charge in [0, 0.05) is 6.54 Å². The van der Waals surface area contributed by atoms with Gasteiger partial charge in [0.2, 0.25) is 0 Å². The Balaban J connectivity index is 2.59. The zero-order valence-corrected chi connectivity index (χ0v) is 12.0.